The van der Waals surface area contributed by atoms with Crippen LogP contribution < -0.4 is 5.56 Å². The van der Waals surface area contributed by atoms with E-state index in [0.29, 0.717) is 19.6 Å². The summed E-state index contributed by atoms with van der Waals surface area (Å²) in [6.45, 7) is 1.49. The zero-order valence-corrected chi connectivity index (χ0v) is 12.9. The van der Waals surface area contributed by atoms with Gasteiger partial charge in [0.15, 0.2) is 0 Å². The van der Waals surface area contributed by atoms with Crippen molar-refractivity contribution >= 4 is 5.91 Å². The molecule has 1 aromatic carbocycles. The van der Waals surface area contributed by atoms with E-state index in [1.54, 1.807) is 21.6 Å². The number of nitrogens with zero attached hydrogens (tertiary/aromatic N) is 2. The van der Waals surface area contributed by atoms with Crippen molar-refractivity contribution in [1.82, 2.24) is 9.47 Å². The quantitative estimate of drug-likeness (QED) is 0.806. The highest BCUT2D eigenvalue weighted by molar-refractivity contribution is 5.94. The van der Waals surface area contributed by atoms with Crippen molar-refractivity contribution in [3.05, 3.63) is 69.6 Å². The van der Waals surface area contributed by atoms with E-state index in [1.165, 1.54) is 6.07 Å². The standard InChI is InChI=1S/C18H16F2N2O2/c19-13-4-5-14(15(20)7-13)18(24)21-8-11-6-12(10-21)16-2-1-3-17(23)22(16)9-11/h1-5,7,11-12H,6,8-10H2/t11-,12+/m1/s1. The molecular weight excluding hydrogens is 314 g/mol. The Bertz CT molecular complexity index is 878. The molecule has 2 aromatic rings. The molecule has 1 fully saturated rings. The molecule has 0 N–H and O–H groups in total. The van der Waals surface area contributed by atoms with E-state index in [4.69, 9.17) is 0 Å². The minimum absolute atomic E-state index is 0.0217. The number of amides is 1. The first-order valence-electron chi connectivity index (χ1n) is 7.97. The van der Waals surface area contributed by atoms with Crippen molar-refractivity contribution in [2.24, 2.45) is 5.92 Å². The molecule has 0 aliphatic carbocycles. The summed E-state index contributed by atoms with van der Waals surface area (Å²) in [5, 5.41) is 0. The molecule has 0 radical (unpaired) electrons. The molecule has 2 aliphatic rings. The molecule has 4 nitrogen and oxygen atoms in total. The highest BCUT2D eigenvalue weighted by Crippen LogP contribution is 2.35. The maximum absolute atomic E-state index is 13.9. The Hall–Kier alpha value is -2.50. The van der Waals surface area contributed by atoms with Gasteiger partial charge in [0.2, 0.25) is 0 Å². The lowest BCUT2D eigenvalue weighted by Gasteiger charge is -2.42. The smallest absolute Gasteiger partial charge is 0.256 e. The second kappa shape index (κ2) is 5.54. The maximum atomic E-state index is 13.9. The summed E-state index contributed by atoms with van der Waals surface area (Å²) < 4.78 is 28.7. The van der Waals surface area contributed by atoms with Crippen LogP contribution in [0.1, 0.15) is 28.4 Å². The number of hydrogen-bond donors (Lipinski definition) is 0. The molecule has 0 unspecified atom stereocenters. The van der Waals surface area contributed by atoms with Gasteiger partial charge >= 0.3 is 0 Å². The van der Waals surface area contributed by atoms with Gasteiger partial charge in [0, 0.05) is 43.4 Å². The van der Waals surface area contributed by atoms with Crippen molar-refractivity contribution in [2.45, 2.75) is 18.9 Å². The molecule has 3 heterocycles. The summed E-state index contributed by atoms with van der Waals surface area (Å²) in [5.74, 6) is -1.73. The van der Waals surface area contributed by atoms with Gasteiger partial charge in [-0.1, -0.05) is 6.07 Å². The number of hydrogen-bond acceptors (Lipinski definition) is 2. The van der Waals surface area contributed by atoms with Crippen LogP contribution in [0.2, 0.25) is 0 Å². The van der Waals surface area contributed by atoms with Crippen molar-refractivity contribution in [3.8, 4) is 0 Å². The lowest BCUT2D eigenvalue weighted by molar-refractivity contribution is 0.0590. The molecule has 1 aromatic heterocycles. The molecule has 2 aliphatic heterocycles. The summed E-state index contributed by atoms with van der Waals surface area (Å²) in [6.07, 6.45) is 0.916. The number of aromatic nitrogens is 1. The summed E-state index contributed by atoms with van der Waals surface area (Å²) in [5.41, 5.74) is 0.796. The topological polar surface area (TPSA) is 42.3 Å². The summed E-state index contributed by atoms with van der Waals surface area (Å²) in [4.78, 5) is 26.3. The van der Waals surface area contributed by atoms with Gasteiger partial charge in [-0.25, -0.2) is 8.78 Å². The first-order valence-corrected chi connectivity index (χ1v) is 7.97. The Kier molecular flexibility index (Phi) is 3.48. The second-order valence-corrected chi connectivity index (χ2v) is 6.53. The van der Waals surface area contributed by atoms with Gasteiger partial charge in [-0.05, 0) is 30.5 Å². The van der Waals surface area contributed by atoms with E-state index in [0.717, 1.165) is 24.2 Å². The molecule has 0 spiro atoms. The Labute approximate surface area is 137 Å². The van der Waals surface area contributed by atoms with Gasteiger partial charge in [0.25, 0.3) is 11.5 Å². The van der Waals surface area contributed by atoms with Crippen LogP contribution in [0.3, 0.4) is 0 Å². The van der Waals surface area contributed by atoms with Crippen LogP contribution in [0.25, 0.3) is 0 Å². The first kappa shape index (κ1) is 15.1. The number of rotatable bonds is 1. The molecule has 24 heavy (non-hydrogen) atoms. The predicted molar refractivity (Wildman–Crippen MR) is 83.8 cm³/mol. The number of carbonyl (C=O) groups is 1. The summed E-state index contributed by atoms with van der Waals surface area (Å²) in [6, 6.07) is 8.20. The third-order valence-electron chi connectivity index (χ3n) is 4.93. The van der Waals surface area contributed by atoms with Crippen LogP contribution >= 0.6 is 0 Å². The van der Waals surface area contributed by atoms with E-state index in [1.807, 2.05) is 6.07 Å². The van der Waals surface area contributed by atoms with Crippen LogP contribution in [0, 0.1) is 17.6 Å². The van der Waals surface area contributed by atoms with E-state index < -0.39 is 17.5 Å². The first-order chi connectivity index (χ1) is 11.5. The van der Waals surface area contributed by atoms with Crippen LogP contribution in [-0.4, -0.2) is 28.5 Å². The van der Waals surface area contributed by atoms with E-state index in [-0.39, 0.29) is 23.0 Å². The third kappa shape index (κ3) is 2.42. The monoisotopic (exact) mass is 330 g/mol. The van der Waals surface area contributed by atoms with E-state index >= 15 is 0 Å². The van der Waals surface area contributed by atoms with Crippen molar-refractivity contribution in [2.75, 3.05) is 13.1 Å². The van der Waals surface area contributed by atoms with Crippen LogP contribution in [0.5, 0.6) is 0 Å². The Balaban J connectivity index is 1.64. The molecule has 6 heteroatoms. The van der Waals surface area contributed by atoms with Crippen LogP contribution in [-0.2, 0) is 6.54 Å². The maximum Gasteiger partial charge on any atom is 0.256 e. The zero-order chi connectivity index (χ0) is 16.8. The van der Waals surface area contributed by atoms with Gasteiger partial charge in [-0.2, -0.15) is 0 Å². The summed E-state index contributed by atoms with van der Waals surface area (Å²) in [7, 11) is 0. The number of halogens is 2. The molecule has 1 saturated heterocycles. The highest BCUT2D eigenvalue weighted by atomic mass is 19.1. The largest absolute Gasteiger partial charge is 0.338 e. The number of pyridine rings is 1. The Morgan fingerprint density at radius 1 is 1.08 bits per heavy atom. The number of likely N-dealkylation sites (tertiary alicyclic amines) is 1. The SMILES string of the molecule is O=C(c1ccc(F)cc1F)N1C[C@H]2C[C@@H](C1)c1cccc(=O)n1C2. The van der Waals surface area contributed by atoms with Gasteiger partial charge < -0.3 is 9.47 Å². The minimum atomic E-state index is -0.840. The van der Waals surface area contributed by atoms with E-state index in [9.17, 15) is 18.4 Å². The molecule has 124 valence electrons. The lowest BCUT2D eigenvalue weighted by Crippen LogP contribution is -2.49. The third-order valence-corrected chi connectivity index (χ3v) is 4.93. The van der Waals surface area contributed by atoms with Gasteiger partial charge in [0.05, 0.1) is 5.56 Å². The van der Waals surface area contributed by atoms with E-state index in [2.05, 4.69) is 0 Å². The molecular formula is C18H16F2N2O2. The predicted octanol–water partition coefficient (Wildman–Crippen LogP) is 2.39. The van der Waals surface area contributed by atoms with Gasteiger partial charge in [0.1, 0.15) is 11.6 Å². The van der Waals surface area contributed by atoms with Crippen molar-refractivity contribution in [1.29, 1.82) is 0 Å². The minimum Gasteiger partial charge on any atom is -0.338 e. The summed E-state index contributed by atoms with van der Waals surface area (Å²) >= 11 is 0. The second-order valence-electron chi connectivity index (χ2n) is 6.53. The van der Waals surface area contributed by atoms with Crippen molar-refractivity contribution in [3.63, 3.8) is 0 Å². The Morgan fingerprint density at radius 2 is 1.92 bits per heavy atom. The average Bonchev–Trinajstić information content (AvgIpc) is 2.55. The fraction of sp³-hybridized carbons (Fsp3) is 0.333. The van der Waals surface area contributed by atoms with Crippen LogP contribution in [0.4, 0.5) is 8.78 Å². The molecule has 1 amide bonds. The normalized spacial score (nSPS) is 22.2. The molecule has 4 rings (SSSR count). The number of benzene rings is 1. The fourth-order valence-corrected chi connectivity index (χ4v) is 3.90. The van der Waals surface area contributed by atoms with Crippen molar-refractivity contribution < 1.29 is 13.6 Å². The fourth-order valence-electron chi connectivity index (χ4n) is 3.90. The highest BCUT2D eigenvalue weighted by Gasteiger charge is 2.36. The van der Waals surface area contributed by atoms with Crippen LogP contribution in [0.15, 0.2) is 41.2 Å². The molecule has 2 bridgehead atoms. The van der Waals surface area contributed by atoms with Gasteiger partial charge in [-0.15, -0.1) is 0 Å². The zero-order valence-electron chi connectivity index (χ0n) is 12.9. The lowest BCUT2D eigenvalue weighted by atomic mass is 9.83. The Morgan fingerprint density at radius 3 is 2.71 bits per heavy atom. The molecule has 2 atom stereocenters. The number of fused-ring (bicyclic) bond motifs is 4. The number of carbonyl (C=O) groups excluding carboxylic acids is 1. The van der Waals surface area contributed by atoms with Gasteiger partial charge in [-0.3, -0.25) is 9.59 Å². The average molecular weight is 330 g/mol. The number of piperidine rings is 1. The molecule has 0 saturated carbocycles.